The summed E-state index contributed by atoms with van der Waals surface area (Å²) >= 11 is 0. The molecule has 7 heteroatoms. The normalized spacial score (nSPS) is 56.5. The van der Waals surface area contributed by atoms with Crippen LogP contribution in [-0.2, 0) is 28.7 Å². The minimum Gasteiger partial charge on any atom is -0.435 e. The number of fused-ring (bicyclic) bond motifs is 5. The van der Waals surface area contributed by atoms with E-state index in [1.54, 1.807) is 6.08 Å². The summed E-state index contributed by atoms with van der Waals surface area (Å²) in [6, 6.07) is 0. The smallest absolute Gasteiger partial charge is 0.308 e. The van der Waals surface area contributed by atoms with Gasteiger partial charge in [0.25, 0.3) is 0 Å². The Morgan fingerprint density at radius 3 is 2.51 bits per heavy atom. The number of carbonyl (C=O) groups is 4. The minimum absolute atomic E-state index is 0.00659. The van der Waals surface area contributed by atoms with E-state index < -0.39 is 51.4 Å². The molecule has 1 spiro atoms. The highest BCUT2D eigenvalue weighted by molar-refractivity contribution is 6.07. The van der Waals surface area contributed by atoms with Gasteiger partial charge in [0, 0.05) is 35.1 Å². The van der Waals surface area contributed by atoms with Crippen LogP contribution in [0, 0.1) is 45.8 Å². The summed E-state index contributed by atoms with van der Waals surface area (Å²) in [6.07, 6.45) is 5.50. The van der Waals surface area contributed by atoms with E-state index >= 15 is 4.79 Å². The zero-order valence-electron chi connectivity index (χ0n) is 22.9. The number of hydrogen-bond acceptors (Lipinski definition) is 7. The molecule has 4 bridgehead atoms. The standard InChI is InChI=1S/C30H39NO6/c1-15-10-19-22(20(32)11-15)17(3)23(34)24-26(4)13-21(33)37-30(25(35)28(19,24)6)27(26,5)7-8-29-12-16(2)9-18(36-29)14-31(29)30/h11,16-19,22,24H,7-10,12-14H2,1-6H3/t16-,17+,18+,19+,22?,24+,26+,27-,28?,29-,30?/m0/s1. The molecule has 11 atom stereocenters. The summed E-state index contributed by atoms with van der Waals surface area (Å²) in [6.45, 7) is 12.7. The van der Waals surface area contributed by atoms with Gasteiger partial charge >= 0.3 is 5.97 Å². The van der Waals surface area contributed by atoms with E-state index in [0.29, 0.717) is 25.3 Å². The molecule has 0 aromatic heterocycles. The average molecular weight is 510 g/mol. The molecule has 6 fully saturated rings. The Kier molecular flexibility index (Phi) is 4.46. The Morgan fingerprint density at radius 2 is 1.78 bits per heavy atom. The lowest BCUT2D eigenvalue weighted by molar-refractivity contribution is -0.349. The highest BCUT2D eigenvalue weighted by Crippen LogP contribution is 2.76. The second-order valence-corrected chi connectivity index (χ2v) is 14.4. The number of carbonyl (C=O) groups excluding carboxylic acids is 4. The van der Waals surface area contributed by atoms with Crippen LogP contribution in [0.5, 0.6) is 0 Å². The second-order valence-electron chi connectivity index (χ2n) is 14.4. The van der Waals surface area contributed by atoms with Gasteiger partial charge in [0.05, 0.1) is 12.5 Å². The lowest BCUT2D eigenvalue weighted by atomic mass is 9.32. The molecule has 7 nitrogen and oxygen atoms in total. The highest BCUT2D eigenvalue weighted by Gasteiger charge is 2.86. The van der Waals surface area contributed by atoms with Crippen LogP contribution in [0.1, 0.15) is 80.1 Å². The SMILES string of the molecule is CC1=CC(=O)C2[C@@H](C1)C1(C)C(=O)C34OC(=O)C[C@](C)([C@H]1C(=O)[C@@H]2C)[C@]3(C)CC[C@]12C[C@@H](C)C[C@H](CN41)O2. The third-order valence-electron chi connectivity index (χ3n) is 12.5. The summed E-state index contributed by atoms with van der Waals surface area (Å²) in [5, 5.41) is 0. The Morgan fingerprint density at radius 1 is 1.05 bits per heavy atom. The number of esters is 1. The zero-order chi connectivity index (χ0) is 26.5. The van der Waals surface area contributed by atoms with E-state index in [-0.39, 0.29) is 35.8 Å². The monoisotopic (exact) mass is 509 g/mol. The van der Waals surface area contributed by atoms with Crippen LogP contribution in [-0.4, -0.2) is 52.3 Å². The molecule has 3 unspecified atom stereocenters. The zero-order valence-corrected chi connectivity index (χ0v) is 22.9. The summed E-state index contributed by atoms with van der Waals surface area (Å²) in [4.78, 5) is 58.8. The topological polar surface area (TPSA) is 90.0 Å². The molecule has 0 N–H and O–H groups in total. The first-order valence-corrected chi connectivity index (χ1v) is 14.2. The van der Waals surface area contributed by atoms with Gasteiger partial charge in [-0.05, 0) is 62.4 Å². The summed E-state index contributed by atoms with van der Waals surface area (Å²) in [7, 11) is 0. The van der Waals surface area contributed by atoms with Gasteiger partial charge in [-0.25, -0.2) is 4.90 Å². The maximum Gasteiger partial charge on any atom is 0.308 e. The van der Waals surface area contributed by atoms with Gasteiger partial charge in [0.2, 0.25) is 5.72 Å². The van der Waals surface area contributed by atoms with Crippen molar-refractivity contribution >= 4 is 23.3 Å². The van der Waals surface area contributed by atoms with Crippen LogP contribution in [0.2, 0.25) is 0 Å². The van der Waals surface area contributed by atoms with Crippen molar-refractivity contribution in [2.75, 3.05) is 6.54 Å². The minimum atomic E-state index is -1.50. The molecular formula is C30H39NO6. The van der Waals surface area contributed by atoms with Crippen LogP contribution in [0.25, 0.3) is 0 Å². The lowest BCUT2D eigenvalue weighted by Crippen LogP contribution is -2.87. The number of ether oxygens (including phenoxy) is 2. The van der Waals surface area contributed by atoms with Crippen molar-refractivity contribution in [3.05, 3.63) is 11.6 Å². The molecule has 7 rings (SSSR count). The van der Waals surface area contributed by atoms with Crippen LogP contribution >= 0.6 is 0 Å². The first kappa shape index (κ1) is 24.2. The van der Waals surface area contributed by atoms with Gasteiger partial charge in [-0.1, -0.05) is 40.2 Å². The van der Waals surface area contributed by atoms with Crippen molar-refractivity contribution in [2.24, 2.45) is 45.8 Å². The number of hydrogen-bond donors (Lipinski definition) is 0. The van der Waals surface area contributed by atoms with Gasteiger partial charge in [-0.15, -0.1) is 0 Å². The third-order valence-corrected chi connectivity index (χ3v) is 12.5. The van der Waals surface area contributed by atoms with Gasteiger partial charge < -0.3 is 9.47 Å². The summed E-state index contributed by atoms with van der Waals surface area (Å²) < 4.78 is 13.1. The number of allylic oxidation sites excluding steroid dienone is 2. The predicted octanol–water partition coefficient (Wildman–Crippen LogP) is 3.84. The predicted molar refractivity (Wildman–Crippen MR) is 133 cm³/mol. The molecular weight excluding hydrogens is 470 g/mol. The molecule has 200 valence electrons. The number of piperidine rings is 1. The van der Waals surface area contributed by atoms with Crippen molar-refractivity contribution in [1.29, 1.82) is 0 Å². The van der Waals surface area contributed by atoms with Crippen LogP contribution in [0.3, 0.4) is 0 Å². The Balaban J connectivity index is 1.50. The summed E-state index contributed by atoms with van der Waals surface area (Å²) in [5.74, 6) is -2.14. The molecule has 4 aliphatic heterocycles. The van der Waals surface area contributed by atoms with Crippen LogP contribution < -0.4 is 0 Å². The van der Waals surface area contributed by atoms with Crippen LogP contribution in [0.15, 0.2) is 11.6 Å². The van der Waals surface area contributed by atoms with Gasteiger partial charge in [0.1, 0.15) is 11.5 Å². The van der Waals surface area contributed by atoms with E-state index in [1.807, 2.05) is 20.8 Å². The highest BCUT2D eigenvalue weighted by atomic mass is 16.6. The second kappa shape index (κ2) is 6.82. The van der Waals surface area contributed by atoms with Crippen molar-refractivity contribution in [1.82, 2.24) is 4.90 Å². The molecule has 0 radical (unpaired) electrons. The number of nitrogens with zero attached hydrogens (tertiary/aromatic N) is 1. The largest absolute Gasteiger partial charge is 0.435 e. The fourth-order valence-electron chi connectivity index (χ4n) is 11.0. The molecule has 37 heavy (non-hydrogen) atoms. The van der Waals surface area contributed by atoms with Gasteiger partial charge in [-0.2, -0.15) is 0 Å². The molecule has 7 aliphatic rings. The van der Waals surface area contributed by atoms with Crippen molar-refractivity contribution in [3.8, 4) is 0 Å². The molecule has 4 saturated heterocycles. The number of rotatable bonds is 0. The van der Waals surface area contributed by atoms with Crippen molar-refractivity contribution in [2.45, 2.75) is 97.6 Å². The first-order chi connectivity index (χ1) is 17.2. The fourth-order valence-corrected chi connectivity index (χ4v) is 11.0. The van der Waals surface area contributed by atoms with Crippen molar-refractivity contribution < 1.29 is 28.7 Å². The first-order valence-electron chi connectivity index (χ1n) is 14.2. The van der Waals surface area contributed by atoms with E-state index in [2.05, 4.69) is 25.7 Å². The molecule has 0 amide bonds. The van der Waals surface area contributed by atoms with E-state index in [9.17, 15) is 14.4 Å². The van der Waals surface area contributed by atoms with Gasteiger partial charge in [-0.3, -0.25) is 19.2 Å². The average Bonchev–Trinajstić information content (AvgIpc) is 3.08. The quantitative estimate of drug-likeness (QED) is 0.458. The molecule has 4 heterocycles. The Bertz CT molecular complexity index is 1210. The fraction of sp³-hybridized carbons (Fsp3) is 0.800. The molecule has 2 saturated carbocycles. The third kappa shape index (κ3) is 2.40. The van der Waals surface area contributed by atoms with Gasteiger partial charge in [0.15, 0.2) is 11.6 Å². The molecule has 0 aromatic carbocycles. The Labute approximate surface area is 218 Å². The van der Waals surface area contributed by atoms with Crippen molar-refractivity contribution in [3.63, 3.8) is 0 Å². The lowest BCUT2D eigenvalue weighted by Gasteiger charge is -2.75. The Hall–Kier alpha value is -1.86. The molecule has 3 aliphatic carbocycles. The maximum atomic E-state index is 15.4. The summed E-state index contributed by atoms with van der Waals surface area (Å²) in [5.41, 5.74) is -3.81. The van der Waals surface area contributed by atoms with E-state index in [1.165, 1.54) is 0 Å². The maximum absolute atomic E-state index is 15.4. The van der Waals surface area contributed by atoms with E-state index in [4.69, 9.17) is 9.47 Å². The molecule has 0 aromatic rings. The van der Waals surface area contributed by atoms with E-state index in [0.717, 1.165) is 24.8 Å². The van der Waals surface area contributed by atoms with Crippen LogP contribution in [0.4, 0.5) is 0 Å². The number of ketones is 3. The number of Topliss-reactive ketones (excluding diaryl/α,β-unsaturated/α-hetero) is 2.